The molecule has 0 aliphatic heterocycles. The van der Waals surface area contributed by atoms with Crippen molar-refractivity contribution in [3.63, 3.8) is 0 Å². The van der Waals surface area contributed by atoms with Gasteiger partial charge in [-0.2, -0.15) is 9.61 Å². The lowest BCUT2D eigenvalue weighted by atomic mass is 10.2. The summed E-state index contributed by atoms with van der Waals surface area (Å²) in [5.74, 6) is 0.549. The van der Waals surface area contributed by atoms with Crippen LogP contribution in [0.1, 0.15) is 16.2 Å². The van der Waals surface area contributed by atoms with E-state index in [1.165, 1.54) is 11.3 Å². The van der Waals surface area contributed by atoms with Gasteiger partial charge in [0.05, 0.1) is 0 Å². The summed E-state index contributed by atoms with van der Waals surface area (Å²) >= 11 is 7.30. The van der Waals surface area contributed by atoms with Crippen LogP contribution in [0, 0.1) is 6.92 Å². The number of fused-ring (bicyclic) bond motifs is 1. The average Bonchev–Trinajstić information content (AvgIpc) is 3.18. The first kappa shape index (κ1) is 15.7. The molecule has 2 heterocycles. The molecule has 6 nitrogen and oxygen atoms in total. The van der Waals surface area contributed by atoms with Crippen LogP contribution in [-0.4, -0.2) is 25.7 Å². The number of carbonyl (C=O) groups is 1. The fourth-order valence-electron chi connectivity index (χ4n) is 2.37. The number of amides is 1. The second kappa shape index (κ2) is 6.27. The van der Waals surface area contributed by atoms with Gasteiger partial charge in [-0.05, 0) is 43.3 Å². The smallest absolute Gasteiger partial charge is 0.255 e. The van der Waals surface area contributed by atoms with E-state index in [2.05, 4.69) is 20.6 Å². The summed E-state index contributed by atoms with van der Waals surface area (Å²) in [5.41, 5.74) is 2.15. The monoisotopic (exact) mass is 369 g/mol. The Morgan fingerprint density at radius 1 is 1.16 bits per heavy atom. The molecule has 2 aromatic carbocycles. The Bertz CT molecular complexity index is 1070. The second-order valence-corrected chi connectivity index (χ2v) is 6.78. The number of hydrogen-bond donors (Lipinski definition) is 1. The Morgan fingerprint density at radius 2 is 1.96 bits per heavy atom. The van der Waals surface area contributed by atoms with Crippen molar-refractivity contribution < 1.29 is 4.79 Å². The number of benzene rings is 2. The van der Waals surface area contributed by atoms with Gasteiger partial charge in [0, 0.05) is 21.8 Å². The maximum atomic E-state index is 12.3. The average molecular weight is 370 g/mol. The van der Waals surface area contributed by atoms with Gasteiger partial charge < -0.3 is 5.32 Å². The zero-order valence-corrected chi connectivity index (χ0v) is 14.7. The van der Waals surface area contributed by atoms with Crippen molar-refractivity contribution in [1.29, 1.82) is 0 Å². The minimum Gasteiger partial charge on any atom is -0.322 e. The number of aryl methyl sites for hydroxylation is 1. The molecule has 0 bridgehead atoms. The van der Waals surface area contributed by atoms with Crippen LogP contribution in [0.4, 0.5) is 5.69 Å². The maximum Gasteiger partial charge on any atom is 0.255 e. The Labute approximate surface area is 152 Å². The van der Waals surface area contributed by atoms with E-state index in [1.807, 2.05) is 31.2 Å². The molecule has 0 aliphatic carbocycles. The molecule has 0 saturated carbocycles. The van der Waals surface area contributed by atoms with Crippen molar-refractivity contribution in [1.82, 2.24) is 19.8 Å². The third-order valence-corrected chi connectivity index (χ3v) is 4.82. The molecule has 8 heteroatoms. The lowest BCUT2D eigenvalue weighted by Crippen LogP contribution is -2.11. The standard InChI is InChI=1S/C17H12ClN5OS/c1-10-20-21-17-23(10)22-16(25-17)12-3-2-4-14(9-12)19-15(24)11-5-7-13(18)8-6-11/h2-9H,1H3,(H,19,24). The quantitative estimate of drug-likeness (QED) is 0.591. The van der Waals surface area contributed by atoms with Crippen LogP contribution >= 0.6 is 22.9 Å². The number of halogens is 1. The number of nitrogens with zero attached hydrogens (tertiary/aromatic N) is 4. The first-order valence-corrected chi connectivity index (χ1v) is 8.66. The van der Waals surface area contributed by atoms with E-state index in [1.54, 1.807) is 28.8 Å². The van der Waals surface area contributed by atoms with Crippen molar-refractivity contribution in [3.8, 4) is 10.6 Å². The Morgan fingerprint density at radius 3 is 2.72 bits per heavy atom. The minimum atomic E-state index is -0.192. The summed E-state index contributed by atoms with van der Waals surface area (Å²) in [4.78, 5) is 13.1. The van der Waals surface area contributed by atoms with E-state index in [0.29, 0.717) is 16.3 Å². The molecule has 0 spiro atoms. The van der Waals surface area contributed by atoms with Crippen LogP contribution in [0.2, 0.25) is 5.02 Å². The summed E-state index contributed by atoms with van der Waals surface area (Å²) in [5, 5.41) is 16.9. The Kier molecular flexibility index (Phi) is 3.95. The molecule has 0 fully saturated rings. The fourth-order valence-corrected chi connectivity index (χ4v) is 3.37. The molecule has 124 valence electrons. The first-order chi connectivity index (χ1) is 12.1. The summed E-state index contributed by atoms with van der Waals surface area (Å²) in [6.45, 7) is 1.85. The van der Waals surface area contributed by atoms with Crippen LogP contribution in [0.3, 0.4) is 0 Å². The summed E-state index contributed by atoms with van der Waals surface area (Å²) in [6, 6.07) is 14.3. The number of carbonyl (C=O) groups excluding carboxylic acids is 1. The van der Waals surface area contributed by atoms with Crippen molar-refractivity contribution in [2.24, 2.45) is 0 Å². The molecular weight excluding hydrogens is 358 g/mol. The van der Waals surface area contributed by atoms with Gasteiger partial charge in [-0.1, -0.05) is 35.1 Å². The van der Waals surface area contributed by atoms with Crippen molar-refractivity contribution in [2.45, 2.75) is 6.92 Å². The van der Waals surface area contributed by atoms with Gasteiger partial charge in [0.15, 0.2) is 5.82 Å². The highest BCUT2D eigenvalue weighted by Gasteiger charge is 2.12. The highest BCUT2D eigenvalue weighted by Crippen LogP contribution is 2.27. The van der Waals surface area contributed by atoms with Gasteiger partial charge in [-0.25, -0.2) is 0 Å². The maximum absolute atomic E-state index is 12.3. The van der Waals surface area contributed by atoms with Crippen molar-refractivity contribution in [2.75, 3.05) is 5.32 Å². The second-order valence-electron chi connectivity index (χ2n) is 5.39. The predicted molar refractivity (Wildman–Crippen MR) is 98.2 cm³/mol. The molecular formula is C17H12ClN5OS. The van der Waals surface area contributed by atoms with Crippen LogP contribution in [0.15, 0.2) is 48.5 Å². The lowest BCUT2D eigenvalue weighted by Gasteiger charge is -2.06. The summed E-state index contributed by atoms with van der Waals surface area (Å²) < 4.78 is 1.71. The normalized spacial score (nSPS) is 11.0. The van der Waals surface area contributed by atoms with Gasteiger partial charge in [-0.15, -0.1) is 10.2 Å². The van der Waals surface area contributed by atoms with E-state index in [9.17, 15) is 4.79 Å². The number of rotatable bonds is 3. The van der Waals surface area contributed by atoms with Gasteiger partial charge >= 0.3 is 0 Å². The van der Waals surface area contributed by atoms with Crippen LogP contribution in [-0.2, 0) is 0 Å². The van der Waals surface area contributed by atoms with Gasteiger partial charge in [0.25, 0.3) is 5.91 Å². The third kappa shape index (κ3) is 3.11. The fraction of sp³-hybridized carbons (Fsp3) is 0.0588. The van der Waals surface area contributed by atoms with Crippen molar-refractivity contribution in [3.05, 3.63) is 64.9 Å². The van der Waals surface area contributed by atoms with E-state index in [4.69, 9.17) is 11.6 Å². The van der Waals surface area contributed by atoms with E-state index < -0.39 is 0 Å². The van der Waals surface area contributed by atoms with E-state index in [0.717, 1.165) is 21.4 Å². The molecule has 0 radical (unpaired) electrons. The molecule has 4 rings (SSSR count). The summed E-state index contributed by atoms with van der Waals surface area (Å²) in [6.07, 6.45) is 0. The van der Waals surface area contributed by atoms with E-state index >= 15 is 0 Å². The Balaban J connectivity index is 1.60. The molecule has 0 saturated heterocycles. The molecule has 0 unspecified atom stereocenters. The molecule has 4 aromatic rings. The topological polar surface area (TPSA) is 72.2 Å². The number of hydrogen-bond acceptors (Lipinski definition) is 5. The SMILES string of the molecule is Cc1nnc2sc(-c3cccc(NC(=O)c4ccc(Cl)cc4)c3)nn12. The molecule has 25 heavy (non-hydrogen) atoms. The van der Waals surface area contributed by atoms with Crippen LogP contribution in [0.25, 0.3) is 15.5 Å². The van der Waals surface area contributed by atoms with E-state index in [-0.39, 0.29) is 5.91 Å². The molecule has 1 N–H and O–H groups in total. The molecule has 0 aliphatic rings. The number of nitrogens with one attached hydrogen (secondary N) is 1. The van der Waals surface area contributed by atoms with Gasteiger partial charge in [0.1, 0.15) is 5.01 Å². The molecule has 2 aromatic heterocycles. The van der Waals surface area contributed by atoms with Gasteiger partial charge in [-0.3, -0.25) is 4.79 Å². The Hall–Kier alpha value is -2.77. The van der Waals surface area contributed by atoms with Crippen LogP contribution < -0.4 is 5.32 Å². The minimum absolute atomic E-state index is 0.192. The summed E-state index contributed by atoms with van der Waals surface area (Å²) in [7, 11) is 0. The van der Waals surface area contributed by atoms with Crippen LogP contribution in [0.5, 0.6) is 0 Å². The number of aromatic nitrogens is 4. The predicted octanol–water partition coefficient (Wildman–Crippen LogP) is 4.07. The lowest BCUT2D eigenvalue weighted by molar-refractivity contribution is 0.102. The molecule has 0 atom stereocenters. The zero-order chi connectivity index (χ0) is 17.4. The first-order valence-electron chi connectivity index (χ1n) is 7.46. The van der Waals surface area contributed by atoms with Gasteiger partial charge in [0.2, 0.25) is 4.96 Å². The highest BCUT2D eigenvalue weighted by atomic mass is 35.5. The largest absolute Gasteiger partial charge is 0.322 e. The van der Waals surface area contributed by atoms with Crippen molar-refractivity contribution >= 4 is 39.5 Å². The third-order valence-electron chi connectivity index (χ3n) is 3.62. The number of anilines is 1. The zero-order valence-electron chi connectivity index (χ0n) is 13.1. The highest BCUT2D eigenvalue weighted by molar-refractivity contribution is 7.19. The molecule has 1 amide bonds.